The predicted octanol–water partition coefficient (Wildman–Crippen LogP) is 5.55. The first kappa shape index (κ1) is 19.0. The summed E-state index contributed by atoms with van der Waals surface area (Å²) >= 11 is 3.27. The fraction of sp³-hybridized carbons (Fsp3) is 0.118. The van der Waals surface area contributed by atoms with E-state index in [1.165, 1.54) is 12.2 Å². The van der Waals surface area contributed by atoms with Crippen LogP contribution in [-0.2, 0) is 0 Å². The molecule has 25 heavy (non-hydrogen) atoms. The van der Waals surface area contributed by atoms with Gasteiger partial charge in [-0.25, -0.2) is 0 Å². The second-order valence-electron chi connectivity index (χ2n) is 4.66. The summed E-state index contributed by atoms with van der Waals surface area (Å²) in [4.78, 5) is 12.2. The minimum Gasteiger partial charge on any atom is -0.435 e. The first-order chi connectivity index (χ1) is 11.8. The average molecular weight is 419 g/mol. The van der Waals surface area contributed by atoms with E-state index in [9.17, 15) is 22.4 Å². The van der Waals surface area contributed by atoms with E-state index in [4.69, 9.17) is 0 Å². The maximum atomic E-state index is 12.5. The molecular formula is C17H11BrF4O3. The number of alkyl halides is 4. The van der Waals surface area contributed by atoms with Crippen molar-refractivity contribution in [3.63, 3.8) is 0 Å². The standard InChI is InChI=1S/C17H11BrF4O3/c18-11-4-1-10(2-5-11)3-8-14(23)13-7-6-12(24-16(19)20)9-15(13)25-17(21)22/h1-9,16-17H/b8-3+. The van der Waals surface area contributed by atoms with Crippen molar-refractivity contribution in [2.45, 2.75) is 13.2 Å². The van der Waals surface area contributed by atoms with Crippen molar-refractivity contribution < 1.29 is 31.8 Å². The Morgan fingerprint density at radius 2 is 1.60 bits per heavy atom. The van der Waals surface area contributed by atoms with Gasteiger partial charge in [0.15, 0.2) is 5.78 Å². The molecule has 0 heterocycles. The van der Waals surface area contributed by atoms with Crippen molar-refractivity contribution in [1.82, 2.24) is 0 Å². The van der Waals surface area contributed by atoms with E-state index in [0.717, 1.165) is 22.7 Å². The highest BCUT2D eigenvalue weighted by molar-refractivity contribution is 9.10. The van der Waals surface area contributed by atoms with Gasteiger partial charge >= 0.3 is 13.2 Å². The molecule has 2 aromatic carbocycles. The van der Waals surface area contributed by atoms with Crippen LogP contribution in [0.2, 0.25) is 0 Å². The molecule has 0 atom stereocenters. The van der Waals surface area contributed by atoms with Crippen molar-refractivity contribution in [2.24, 2.45) is 0 Å². The SMILES string of the molecule is O=C(/C=C/c1ccc(Br)cc1)c1ccc(OC(F)F)cc1OC(F)F. The van der Waals surface area contributed by atoms with E-state index < -0.39 is 24.8 Å². The third-order valence-electron chi connectivity index (χ3n) is 2.96. The molecule has 8 heteroatoms. The largest absolute Gasteiger partial charge is 0.435 e. The summed E-state index contributed by atoms with van der Waals surface area (Å²) < 4.78 is 58.7. The molecule has 3 nitrogen and oxygen atoms in total. The topological polar surface area (TPSA) is 35.5 Å². The summed E-state index contributed by atoms with van der Waals surface area (Å²) in [7, 11) is 0. The highest BCUT2D eigenvalue weighted by Crippen LogP contribution is 2.28. The van der Waals surface area contributed by atoms with Crippen LogP contribution in [0, 0.1) is 0 Å². The Morgan fingerprint density at radius 3 is 2.20 bits per heavy atom. The van der Waals surface area contributed by atoms with Gasteiger partial charge in [0.25, 0.3) is 0 Å². The summed E-state index contributed by atoms with van der Waals surface area (Å²) in [5.74, 6) is -1.56. The van der Waals surface area contributed by atoms with Crippen LogP contribution in [0.1, 0.15) is 15.9 Å². The lowest BCUT2D eigenvalue weighted by Crippen LogP contribution is -2.08. The van der Waals surface area contributed by atoms with Crippen LogP contribution in [0.4, 0.5) is 17.6 Å². The number of halogens is 5. The summed E-state index contributed by atoms with van der Waals surface area (Å²) in [5, 5.41) is 0. The maximum absolute atomic E-state index is 12.5. The van der Waals surface area contributed by atoms with Gasteiger partial charge in [-0.1, -0.05) is 34.1 Å². The molecule has 0 fully saturated rings. The van der Waals surface area contributed by atoms with E-state index in [0.29, 0.717) is 5.56 Å². The monoisotopic (exact) mass is 418 g/mol. The molecule has 0 N–H and O–H groups in total. The molecule has 2 aromatic rings. The summed E-state index contributed by atoms with van der Waals surface area (Å²) in [6.45, 7) is -6.35. The summed E-state index contributed by atoms with van der Waals surface area (Å²) in [6.07, 6.45) is 2.66. The lowest BCUT2D eigenvalue weighted by atomic mass is 10.1. The van der Waals surface area contributed by atoms with Crippen molar-refractivity contribution in [3.8, 4) is 11.5 Å². The molecular weight excluding hydrogens is 408 g/mol. The van der Waals surface area contributed by atoms with Crippen LogP contribution in [0.15, 0.2) is 53.0 Å². The van der Waals surface area contributed by atoms with Gasteiger partial charge < -0.3 is 9.47 Å². The van der Waals surface area contributed by atoms with Gasteiger partial charge in [-0.3, -0.25) is 4.79 Å². The molecule has 2 rings (SSSR count). The van der Waals surface area contributed by atoms with Crippen LogP contribution >= 0.6 is 15.9 Å². The molecule has 0 aromatic heterocycles. The molecule has 0 aliphatic rings. The zero-order valence-corrected chi connectivity index (χ0v) is 14.1. The molecule has 132 valence electrons. The zero-order chi connectivity index (χ0) is 18.4. The van der Waals surface area contributed by atoms with E-state index in [1.54, 1.807) is 24.3 Å². The number of allylic oxidation sites excluding steroid dienone is 1. The van der Waals surface area contributed by atoms with Gasteiger partial charge in [-0.2, -0.15) is 17.6 Å². The number of rotatable bonds is 7. The smallest absolute Gasteiger partial charge is 0.387 e. The van der Waals surface area contributed by atoms with Gasteiger partial charge in [-0.05, 0) is 35.9 Å². The Morgan fingerprint density at radius 1 is 0.960 bits per heavy atom. The summed E-state index contributed by atoms with van der Waals surface area (Å²) in [6, 6.07) is 10.00. The molecule has 0 saturated heterocycles. The highest BCUT2D eigenvalue weighted by Gasteiger charge is 2.16. The van der Waals surface area contributed by atoms with Crippen molar-refractivity contribution in [1.29, 1.82) is 0 Å². The Balaban J connectivity index is 2.25. The summed E-state index contributed by atoms with van der Waals surface area (Å²) in [5.41, 5.74) is 0.515. The molecule has 0 aliphatic heterocycles. The van der Waals surface area contributed by atoms with Crippen LogP contribution < -0.4 is 9.47 Å². The maximum Gasteiger partial charge on any atom is 0.387 e. The predicted molar refractivity (Wildman–Crippen MR) is 87.2 cm³/mol. The fourth-order valence-electron chi connectivity index (χ4n) is 1.91. The number of benzene rings is 2. The van der Waals surface area contributed by atoms with Gasteiger partial charge in [0, 0.05) is 10.5 Å². The molecule has 0 saturated carbocycles. The number of carbonyl (C=O) groups is 1. The quantitative estimate of drug-likeness (QED) is 0.336. The molecule has 0 amide bonds. The van der Waals surface area contributed by atoms with Crippen molar-refractivity contribution >= 4 is 27.8 Å². The van der Waals surface area contributed by atoms with E-state index in [2.05, 4.69) is 25.4 Å². The first-order valence-corrected chi connectivity index (χ1v) is 7.66. The second kappa shape index (κ2) is 8.66. The van der Waals surface area contributed by atoms with Gasteiger partial charge in [-0.15, -0.1) is 0 Å². The molecule has 0 bridgehead atoms. The molecule has 0 unspecified atom stereocenters. The van der Waals surface area contributed by atoms with E-state index in [1.807, 2.05) is 0 Å². The van der Waals surface area contributed by atoms with E-state index in [-0.39, 0.29) is 11.3 Å². The van der Waals surface area contributed by atoms with Gasteiger partial charge in [0.1, 0.15) is 11.5 Å². The molecule has 0 aliphatic carbocycles. The van der Waals surface area contributed by atoms with Crippen molar-refractivity contribution in [3.05, 3.63) is 64.1 Å². The van der Waals surface area contributed by atoms with E-state index >= 15 is 0 Å². The van der Waals surface area contributed by atoms with Crippen LogP contribution in [0.25, 0.3) is 6.08 Å². The third kappa shape index (κ3) is 5.90. The normalized spacial score (nSPS) is 11.3. The van der Waals surface area contributed by atoms with Gasteiger partial charge in [0.05, 0.1) is 5.56 Å². The fourth-order valence-corrected chi connectivity index (χ4v) is 2.18. The number of hydrogen-bond donors (Lipinski definition) is 0. The third-order valence-corrected chi connectivity index (χ3v) is 3.49. The Hall–Kier alpha value is -2.35. The van der Waals surface area contributed by atoms with Gasteiger partial charge in [0.2, 0.25) is 0 Å². The minimum atomic E-state index is -3.22. The zero-order valence-electron chi connectivity index (χ0n) is 12.5. The Kier molecular flexibility index (Phi) is 6.58. The highest BCUT2D eigenvalue weighted by atomic mass is 79.9. The Labute approximate surface area is 149 Å². The minimum absolute atomic E-state index is 0.199. The lowest BCUT2D eigenvalue weighted by molar-refractivity contribution is -0.0544. The molecule has 0 spiro atoms. The second-order valence-corrected chi connectivity index (χ2v) is 5.58. The molecule has 0 radical (unpaired) electrons. The number of ether oxygens (including phenoxy) is 2. The lowest BCUT2D eigenvalue weighted by Gasteiger charge is -2.11. The number of ketones is 1. The average Bonchev–Trinajstić information content (AvgIpc) is 2.53. The van der Waals surface area contributed by atoms with Crippen LogP contribution in [-0.4, -0.2) is 19.0 Å². The number of hydrogen-bond acceptors (Lipinski definition) is 3. The number of carbonyl (C=O) groups excluding carboxylic acids is 1. The van der Waals surface area contributed by atoms with Crippen LogP contribution in [0.3, 0.4) is 0 Å². The van der Waals surface area contributed by atoms with Crippen molar-refractivity contribution in [2.75, 3.05) is 0 Å². The first-order valence-electron chi connectivity index (χ1n) is 6.87. The Bertz CT molecular complexity index is 761. The van der Waals surface area contributed by atoms with Crippen LogP contribution in [0.5, 0.6) is 11.5 Å².